The van der Waals surface area contributed by atoms with E-state index in [1.807, 2.05) is 0 Å². The van der Waals surface area contributed by atoms with Gasteiger partial charge in [-0.05, 0) is 42.5 Å². The van der Waals surface area contributed by atoms with Gasteiger partial charge in [-0.2, -0.15) is 0 Å². The maximum absolute atomic E-state index is 12.9. The second-order valence-electron chi connectivity index (χ2n) is 4.00. The summed E-state index contributed by atoms with van der Waals surface area (Å²) in [6.45, 7) is 0. The zero-order valence-corrected chi connectivity index (χ0v) is 11.7. The van der Waals surface area contributed by atoms with E-state index in [1.54, 1.807) is 36.2 Å². The van der Waals surface area contributed by atoms with Crippen molar-refractivity contribution in [2.24, 2.45) is 0 Å². The fourth-order valence-electron chi connectivity index (χ4n) is 1.78. The van der Waals surface area contributed by atoms with Crippen molar-refractivity contribution < 1.29 is 14.3 Å². The summed E-state index contributed by atoms with van der Waals surface area (Å²) < 4.78 is 13.6. The molecule has 0 heterocycles. The summed E-state index contributed by atoms with van der Waals surface area (Å²) >= 11 is 3.25. The minimum absolute atomic E-state index is 0.182. The Hall–Kier alpha value is -1.88. The fourth-order valence-corrected chi connectivity index (χ4v) is 2.14. The van der Waals surface area contributed by atoms with Crippen molar-refractivity contribution in [1.29, 1.82) is 0 Å². The third kappa shape index (κ3) is 2.93. The lowest BCUT2D eigenvalue weighted by molar-refractivity contribution is 0.0697. The normalized spacial score (nSPS) is 10.3. The van der Waals surface area contributed by atoms with E-state index in [9.17, 15) is 14.3 Å². The van der Waals surface area contributed by atoms with Crippen LogP contribution in [0, 0.1) is 5.82 Å². The average Bonchev–Trinajstić information content (AvgIpc) is 2.38. The van der Waals surface area contributed by atoms with Gasteiger partial charge in [0.05, 0.1) is 11.3 Å². The van der Waals surface area contributed by atoms with Gasteiger partial charge in [0.15, 0.2) is 0 Å². The molecule has 0 aliphatic rings. The molecule has 0 fully saturated rings. The molecule has 5 heteroatoms. The third-order valence-electron chi connectivity index (χ3n) is 2.76. The Morgan fingerprint density at radius 3 is 2.42 bits per heavy atom. The number of carboxylic acids is 1. The molecule has 2 aromatic carbocycles. The molecule has 0 aliphatic heterocycles. The van der Waals surface area contributed by atoms with Crippen molar-refractivity contribution in [1.82, 2.24) is 0 Å². The van der Waals surface area contributed by atoms with Gasteiger partial charge in [0.25, 0.3) is 0 Å². The molecule has 0 saturated heterocycles. The molecule has 19 heavy (non-hydrogen) atoms. The first-order valence-corrected chi connectivity index (χ1v) is 6.30. The predicted octanol–water partition coefficient (Wildman–Crippen LogP) is 4.05. The van der Waals surface area contributed by atoms with E-state index >= 15 is 0 Å². The molecule has 0 saturated carbocycles. The van der Waals surface area contributed by atoms with Crippen LogP contribution >= 0.6 is 15.9 Å². The van der Waals surface area contributed by atoms with Crippen molar-refractivity contribution in [2.75, 3.05) is 11.9 Å². The summed E-state index contributed by atoms with van der Waals surface area (Å²) in [6, 6.07) is 10.9. The highest BCUT2D eigenvalue weighted by molar-refractivity contribution is 9.10. The first-order valence-electron chi connectivity index (χ1n) is 5.51. The van der Waals surface area contributed by atoms with Crippen molar-refractivity contribution in [3.63, 3.8) is 0 Å². The topological polar surface area (TPSA) is 40.5 Å². The van der Waals surface area contributed by atoms with E-state index in [-0.39, 0.29) is 11.4 Å². The second-order valence-corrected chi connectivity index (χ2v) is 4.92. The number of aromatic carboxylic acids is 1. The molecule has 0 amide bonds. The van der Waals surface area contributed by atoms with Gasteiger partial charge in [-0.1, -0.05) is 15.9 Å². The number of benzene rings is 2. The Balaban J connectivity index is 2.46. The number of hydrogen-bond donors (Lipinski definition) is 1. The zero-order valence-electron chi connectivity index (χ0n) is 10.1. The van der Waals surface area contributed by atoms with Crippen molar-refractivity contribution in [2.45, 2.75) is 0 Å². The monoisotopic (exact) mass is 323 g/mol. The van der Waals surface area contributed by atoms with Gasteiger partial charge in [-0.15, -0.1) is 0 Å². The maximum Gasteiger partial charge on any atom is 0.337 e. The van der Waals surface area contributed by atoms with Crippen LogP contribution in [0.1, 0.15) is 10.4 Å². The van der Waals surface area contributed by atoms with Crippen LogP contribution in [0.4, 0.5) is 15.8 Å². The fraction of sp³-hybridized carbons (Fsp3) is 0.0714. The first kappa shape index (κ1) is 13.5. The molecule has 0 aromatic heterocycles. The van der Waals surface area contributed by atoms with Crippen LogP contribution in [0.2, 0.25) is 0 Å². The highest BCUT2D eigenvalue weighted by Crippen LogP contribution is 2.29. The van der Waals surface area contributed by atoms with E-state index in [2.05, 4.69) is 15.9 Å². The summed E-state index contributed by atoms with van der Waals surface area (Å²) in [5.41, 5.74) is 1.44. The minimum Gasteiger partial charge on any atom is -0.478 e. The molecule has 98 valence electrons. The van der Waals surface area contributed by atoms with Gasteiger partial charge in [-0.25, -0.2) is 9.18 Å². The molecule has 0 atom stereocenters. The van der Waals surface area contributed by atoms with Gasteiger partial charge in [0, 0.05) is 17.2 Å². The Labute approximate surface area is 118 Å². The van der Waals surface area contributed by atoms with E-state index in [1.165, 1.54) is 18.2 Å². The molecule has 0 spiro atoms. The van der Waals surface area contributed by atoms with Crippen molar-refractivity contribution in [3.8, 4) is 0 Å². The highest BCUT2D eigenvalue weighted by atomic mass is 79.9. The Kier molecular flexibility index (Phi) is 3.85. The van der Waals surface area contributed by atoms with Gasteiger partial charge in [0.2, 0.25) is 0 Å². The average molecular weight is 324 g/mol. The Bertz CT molecular complexity index is 613. The predicted molar refractivity (Wildman–Crippen MR) is 75.6 cm³/mol. The lowest BCUT2D eigenvalue weighted by atomic mass is 10.1. The lowest BCUT2D eigenvalue weighted by Gasteiger charge is -2.21. The number of anilines is 2. The van der Waals surface area contributed by atoms with Gasteiger partial charge in [0.1, 0.15) is 5.82 Å². The number of carbonyl (C=O) groups is 1. The summed E-state index contributed by atoms with van der Waals surface area (Å²) in [6.07, 6.45) is 0. The SMILES string of the molecule is CN(c1ccc(F)cc1)c1ccc(Br)cc1C(=O)O. The third-order valence-corrected chi connectivity index (χ3v) is 3.26. The maximum atomic E-state index is 12.9. The van der Waals surface area contributed by atoms with Gasteiger partial charge >= 0.3 is 5.97 Å². The van der Waals surface area contributed by atoms with Crippen molar-refractivity contribution in [3.05, 3.63) is 58.3 Å². The molecule has 2 aromatic rings. The summed E-state index contributed by atoms with van der Waals surface area (Å²) in [5, 5.41) is 9.22. The van der Waals surface area contributed by atoms with Crippen LogP contribution in [0.5, 0.6) is 0 Å². The highest BCUT2D eigenvalue weighted by Gasteiger charge is 2.15. The van der Waals surface area contributed by atoms with Gasteiger partial charge < -0.3 is 10.0 Å². The molecular weight excluding hydrogens is 313 g/mol. The first-order chi connectivity index (χ1) is 8.99. The van der Waals surface area contributed by atoms with Crippen LogP contribution in [-0.2, 0) is 0 Å². The molecular formula is C14H11BrFNO2. The molecule has 0 unspecified atom stereocenters. The molecule has 1 N–H and O–H groups in total. The van der Waals surface area contributed by atoms with E-state index in [0.29, 0.717) is 15.8 Å². The van der Waals surface area contributed by atoms with Crippen molar-refractivity contribution >= 4 is 33.3 Å². The molecule has 0 radical (unpaired) electrons. The minimum atomic E-state index is -1.01. The number of hydrogen-bond acceptors (Lipinski definition) is 2. The number of halogens is 2. The molecule has 2 rings (SSSR count). The summed E-state index contributed by atoms with van der Waals surface area (Å²) in [5.74, 6) is -1.34. The smallest absolute Gasteiger partial charge is 0.337 e. The standard InChI is InChI=1S/C14H11BrFNO2/c1-17(11-5-3-10(16)4-6-11)13-7-2-9(15)8-12(13)14(18)19/h2-8H,1H3,(H,18,19). The summed E-state index contributed by atoms with van der Waals surface area (Å²) in [7, 11) is 1.74. The number of carboxylic acid groups (broad SMARTS) is 1. The van der Waals surface area contributed by atoms with Crippen LogP contribution in [0.15, 0.2) is 46.9 Å². The zero-order chi connectivity index (χ0) is 14.0. The van der Waals surface area contributed by atoms with E-state index < -0.39 is 5.97 Å². The number of rotatable bonds is 3. The van der Waals surface area contributed by atoms with Crippen LogP contribution in [0.25, 0.3) is 0 Å². The van der Waals surface area contributed by atoms with Crippen LogP contribution in [0.3, 0.4) is 0 Å². The van der Waals surface area contributed by atoms with Gasteiger partial charge in [-0.3, -0.25) is 0 Å². The Morgan fingerprint density at radius 2 is 1.84 bits per heavy atom. The lowest BCUT2D eigenvalue weighted by Crippen LogP contribution is -2.14. The quantitative estimate of drug-likeness (QED) is 0.926. The number of nitrogens with zero attached hydrogens (tertiary/aromatic N) is 1. The molecule has 0 aliphatic carbocycles. The Morgan fingerprint density at radius 1 is 1.21 bits per heavy atom. The van der Waals surface area contributed by atoms with E-state index in [4.69, 9.17) is 0 Å². The largest absolute Gasteiger partial charge is 0.478 e. The molecule has 0 bridgehead atoms. The van der Waals surface area contributed by atoms with E-state index in [0.717, 1.165) is 0 Å². The molecule has 3 nitrogen and oxygen atoms in total. The van der Waals surface area contributed by atoms with Crippen LogP contribution < -0.4 is 4.90 Å². The second kappa shape index (κ2) is 5.40. The van der Waals surface area contributed by atoms with Crippen LogP contribution in [-0.4, -0.2) is 18.1 Å². The summed E-state index contributed by atoms with van der Waals surface area (Å²) in [4.78, 5) is 13.0.